The van der Waals surface area contributed by atoms with Gasteiger partial charge >= 0.3 is 20.1 Å². The van der Waals surface area contributed by atoms with E-state index in [1.165, 1.54) is 33.1 Å². The van der Waals surface area contributed by atoms with Gasteiger partial charge in [0, 0.05) is 28.2 Å². The largest absolute Gasteiger partial charge is 3.00 e. The first-order valence-corrected chi connectivity index (χ1v) is 20.9. The number of para-hydroxylation sites is 3. The summed E-state index contributed by atoms with van der Waals surface area (Å²) in [4.78, 5) is 4.82. The maximum atomic E-state index is 8.74. The fourth-order valence-electron chi connectivity index (χ4n) is 9.29. The van der Waals surface area contributed by atoms with Crippen LogP contribution >= 0.6 is 0 Å². The first kappa shape index (κ1) is 31.0. The minimum absolute atomic E-state index is 0. The van der Waals surface area contributed by atoms with E-state index in [4.69, 9.17) is 18.7 Å². The molecular formula is C59H46IrN4+. The molecule has 310 valence electrons. The van der Waals surface area contributed by atoms with Gasteiger partial charge in [-0.1, -0.05) is 172 Å². The van der Waals surface area contributed by atoms with Gasteiger partial charge in [-0.2, -0.15) is 30.3 Å². The van der Waals surface area contributed by atoms with E-state index in [-0.39, 0.29) is 66.2 Å². The van der Waals surface area contributed by atoms with Crippen LogP contribution in [0.4, 0.5) is 0 Å². The fraction of sp³-hybridized carbons (Fsp3) is 0.119. The van der Waals surface area contributed by atoms with Crippen LogP contribution in [0.2, 0.25) is 0 Å². The van der Waals surface area contributed by atoms with Gasteiger partial charge < -0.3 is 8.97 Å². The minimum atomic E-state index is -0.488. The topological polar surface area (TPSA) is 26.1 Å². The summed E-state index contributed by atoms with van der Waals surface area (Å²) < 4.78 is 90.5. The van der Waals surface area contributed by atoms with Crippen molar-refractivity contribution < 1.29 is 38.4 Å². The van der Waals surface area contributed by atoms with Crippen molar-refractivity contribution in [1.82, 2.24) is 14.0 Å². The van der Waals surface area contributed by atoms with E-state index in [0.29, 0.717) is 44.7 Å². The van der Waals surface area contributed by atoms with Gasteiger partial charge in [0.05, 0.1) is 36.1 Å². The molecule has 8 aromatic carbocycles. The van der Waals surface area contributed by atoms with Crippen molar-refractivity contribution in [1.29, 1.82) is 0 Å². The van der Waals surface area contributed by atoms with Crippen LogP contribution in [0.5, 0.6) is 0 Å². The van der Waals surface area contributed by atoms with Crippen LogP contribution < -0.4 is 4.57 Å². The summed E-state index contributed by atoms with van der Waals surface area (Å²) in [7, 11) is 0. The van der Waals surface area contributed by atoms with Crippen molar-refractivity contribution in [2.45, 2.75) is 45.4 Å². The molecule has 5 heteroatoms. The Morgan fingerprint density at radius 1 is 0.625 bits per heavy atom. The molecule has 64 heavy (non-hydrogen) atoms. The molecule has 11 aromatic rings. The Balaban J connectivity index is 0.000000208. The molecule has 0 unspecified atom stereocenters. The van der Waals surface area contributed by atoms with Gasteiger partial charge in [0.2, 0.25) is 0 Å². The average molecular weight is 1010 g/mol. The first-order valence-electron chi connectivity index (χ1n) is 25.9. The second-order valence-electron chi connectivity index (χ2n) is 16.9. The smallest absolute Gasteiger partial charge is 0.336 e. The average Bonchev–Trinajstić information content (AvgIpc) is 4.04. The summed E-state index contributed by atoms with van der Waals surface area (Å²) >= 11 is 0. The molecule has 1 aliphatic rings. The molecule has 0 radical (unpaired) electrons. The standard InChI is InChI=1S/C37H25N2.C22H21N2.Ir/c1-4-15-28(16-5-1)31-21-10-11-23-33(31)34-24-14-26-36-37(34)39(27-38(36)30-19-8-3-9-20-30)35-25-13-12-22-32(35)29-17-6-2-7-18-29;1-13-10-11-16-19-18(13)14-8-6-7-9-15(14)20-23-12-17(24(19)20)22(4,5)21(16,2)3;/h1-19,21-26H;6-8,10-12H,1-5H3;/q2*-1;+3/i1D,2D,4D,5D,6D,7D,15D,16D,17D,18D;;. The Morgan fingerprint density at radius 3 is 2.02 bits per heavy atom. The molecule has 0 saturated heterocycles. The van der Waals surface area contributed by atoms with Gasteiger partial charge in [-0.15, -0.1) is 29.7 Å². The molecule has 0 atom stereocenters. The molecule has 0 N–H and O–H groups in total. The molecule has 0 saturated carbocycles. The number of aromatic nitrogens is 4. The predicted molar refractivity (Wildman–Crippen MR) is 259 cm³/mol. The number of nitrogens with zero attached hydrogens (tertiary/aromatic N) is 4. The number of pyridine rings is 1. The van der Waals surface area contributed by atoms with Gasteiger partial charge in [0.25, 0.3) is 6.33 Å². The Labute approximate surface area is 402 Å². The Kier molecular flexibility index (Phi) is 7.76. The van der Waals surface area contributed by atoms with Gasteiger partial charge in [-0.3, -0.25) is 9.55 Å². The molecule has 4 nitrogen and oxygen atoms in total. The summed E-state index contributed by atoms with van der Waals surface area (Å²) in [6.07, 6.45) is 5.49. The molecule has 0 spiro atoms. The van der Waals surface area contributed by atoms with E-state index in [2.05, 4.69) is 87.9 Å². The number of hydrogen-bond donors (Lipinski definition) is 0. The van der Waals surface area contributed by atoms with Gasteiger partial charge in [0.1, 0.15) is 0 Å². The van der Waals surface area contributed by atoms with Crippen molar-refractivity contribution in [3.8, 4) is 44.8 Å². The fourth-order valence-corrected chi connectivity index (χ4v) is 9.29. The second-order valence-corrected chi connectivity index (χ2v) is 16.9. The van der Waals surface area contributed by atoms with Crippen LogP contribution in [0, 0.1) is 25.4 Å². The van der Waals surface area contributed by atoms with Crippen molar-refractivity contribution in [3.05, 3.63) is 223 Å². The molecule has 0 bridgehead atoms. The monoisotopic (exact) mass is 1010 g/mol. The summed E-state index contributed by atoms with van der Waals surface area (Å²) in [5.74, 6) is 0. The second kappa shape index (κ2) is 16.0. The minimum Gasteiger partial charge on any atom is -0.336 e. The molecule has 0 fully saturated rings. The Bertz CT molecular complexity index is 4070. The van der Waals surface area contributed by atoms with Crippen LogP contribution in [0.15, 0.2) is 188 Å². The molecular weight excluding hydrogens is 957 g/mol. The summed E-state index contributed by atoms with van der Waals surface area (Å²) in [6, 6.07) is 40.5. The Morgan fingerprint density at radius 2 is 1.28 bits per heavy atom. The number of imidazole rings is 2. The zero-order valence-electron chi connectivity index (χ0n) is 45.7. The molecule has 12 rings (SSSR count). The maximum absolute atomic E-state index is 8.74. The first-order chi connectivity index (χ1) is 34.9. The Hall–Kier alpha value is -6.91. The molecule has 4 heterocycles. The number of rotatable bonds is 5. The van der Waals surface area contributed by atoms with Crippen LogP contribution in [-0.4, -0.2) is 14.0 Å². The van der Waals surface area contributed by atoms with E-state index in [0.717, 1.165) is 11.0 Å². The van der Waals surface area contributed by atoms with Crippen LogP contribution in [-0.2, 0) is 30.9 Å². The third-order valence-electron chi connectivity index (χ3n) is 13.1. The third-order valence-corrected chi connectivity index (χ3v) is 13.1. The summed E-state index contributed by atoms with van der Waals surface area (Å²) in [5, 5.41) is 3.72. The van der Waals surface area contributed by atoms with Crippen LogP contribution in [0.3, 0.4) is 0 Å². The number of hydrogen-bond acceptors (Lipinski definition) is 1. The SMILES string of the molecule is Cc1ccc2c3c1c1ccc[c-]c1c1ncc(n13)C(C)(C)C2(C)C.[2H]c1c([2H])c([2H])c(-c2ccccc2-c2cccc3c2[n+](-c2ccccc2-c2c([2H])c([2H])c([2H])c([2H])c2[2H])[c-]n3-c2[c-]cccc2)c([2H])c1[2H].[Ir+3]. The van der Waals surface area contributed by atoms with Crippen molar-refractivity contribution in [2.75, 3.05) is 0 Å². The molecule has 0 aliphatic carbocycles. The number of fused-ring (bicyclic) bond motifs is 4. The molecule has 1 aliphatic heterocycles. The van der Waals surface area contributed by atoms with Gasteiger partial charge in [0.15, 0.2) is 0 Å². The van der Waals surface area contributed by atoms with Gasteiger partial charge in [-0.25, -0.2) is 0 Å². The van der Waals surface area contributed by atoms with E-state index in [9.17, 15) is 0 Å². The molecule has 0 amide bonds. The van der Waals surface area contributed by atoms with Crippen LogP contribution in [0.25, 0.3) is 83.1 Å². The summed E-state index contributed by atoms with van der Waals surface area (Å²) in [6.45, 7) is 11.6. The van der Waals surface area contributed by atoms with Crippen molar-refractivity contribution in [2.24, 2.45) is 0 Å². The van der Waals surface area contributed by atoms with Gasteiger partial charge in [-0.05, 0) is 63.0 Å². The van der Waals surface area contributed by atoms with E-state index in [1.807, 2.05) is 59.2 Å². The third kappa shape index (κ3) is 6.37. The zero-order valence-corrected chi connectivity index (χ0v) is 38.1. The van der Waals surface area contributed by atoms with E-state index in [1.54, 1.807) is 47.0 Å². The van der Waals surface area contributed by atoms with E-state index >= 15 is 0 Å². The normalized spacial score (nSPS) is 15.7. The van der Waals surface area contributed by atoms with Crippen molar-refractivity contribution in [3.63, 3.8) is 0 Å². The summed E-state index contributed by atoms with van der Waals surface area (Å²) in [5.41, 5.74) is 11.0. The van der Waals surface area contributed by atoms with Crippen molar-refractivity contribution >= 4 is 38.4 Å². The number of aryl methyl sites for hydroxylation is 1. The molecule has 3 aromatic heterocycles. The predicted octanol–water partition coefficient (Wildman–Crippen LogP) is 13.8. The maximum Gasteiger partial charge on any atom is 3.00 e. The number of benzene rings is 8. The zero-order chi connectivity index (χ0) is 51.6. The van der Waals surface area contributed by atoms with E-state index < -0.39 is 36.3 Å². The van der Waals surface area contributed by atoms with Crippen LogP contribution in [0.1, 0.15) is 58.2 Å². The quantitative estimate of drug-likeness (QED) is 0.0958.